The van der Waals surface area contributed by atoms with E-state index in [-0.39, 0.29) is 29.1 Å². The summed E-state index contributed by atoms with van der Waals surface area (Å²) in [6, 6.07) is -0.363. The predicted octanol–water partition coefficient (Wildman–Crippen LogP) is 1.76. The zero-order chi connectivity index (χ0) is 11.8. The van der Waals surface area contributed by atoms with Gasteiger partial charge in [0.05, 0.1) is 6.04 Å². The lowest BCUT2D eigenvalue weighted by Gasteiger charge is -2.29. The SMILES string of the molecule is CC(=O)C(NC(=O)C1C[C@H]1C)C(C)(C)C. The summed E-state index contributed by atoms with van der Waals surface area (Å²) < 4.78 is 0. The molecule has 0 aromatic heterocycles. The zero-order valence-electron chi connectivity index (χ0n) is 10.3. The van der Waals surface area contributed by atoms with Gasteiger partial charge >= 0.3 is 0 Å². The van der Waals surface area contributed by atoms with Crippen molar-refractivity contribution in [3.8, 4) is 0 Å². The summed E-state index contributed by atoms with van der Waals surface area (Å²) in [7, 11) is 0. The Balaban J connectivity index is 2.60. The van der Waals surface area contributed by atoms with Crippen LogP contribution in [0.25, 0.3) is 0 Å². The van der Waals surface area contributed by atoms with E-state index in [1.54, 1.807) is 0 Å². The molecule has 0 radical (unpaired) electrons. The van der Waals surface area contributed by atoms with Gasteiger partial charge in [-0.15, -0.1) is 0 Å². The van der Waals surface area contributed by atoms with Gasteiger partial charge in [-0.05, 0) is 24.7 Å². The Bertz CT molecular complexity index is 278. The monoisotopic (exact) mass is 211 g/mol. The number of hydrogen-bond acceptors (Lipinski definition) is 2. The molecule has 1 N–H and O–H groups in total. The number of hydrogen-bond donors (Lipinski definition) is 1. The highest BCUT2D eigenvalue weighted by Crippen LogP contribution is 2.38. The highest BCUT2D eigenvalue weighted by Gasteiger charge is 2.41. The van der Waals surface area contributed by atoms with Crippen LogP contribution in [0.4, 0.5) is 0 Å². The molecule has 1 saturated carbocycles. The van der Waals surface area contributed by atoms with Crippen LogP contribution in [0.15, 0.2) is 0 Å². The quantitative estimate of drug-likeness (QED) is 0.773. The number of nitrogens with one attached hydrogen (secondary N) is 1. The molecule has 1 fully saturated rings. The van der Waals surface area contributed by atoms with Crippen LogP contribution < -0.4 is 5.32 Å². The molecule has 0 spiro atoms. The van der Waals surface area contributed by atoms with Gasteiger partial charge in [0.25, 0.3) is 0 Å². The normalized spacial score (nSPS) is 27.0. The Morgan fingerprint density at radius 2 is 1.80 bits per heavy atom. The molecule has 0 heterocycles. The van der Waals surface area contributed by atoms with Crippen molar-refractivity contribution in [2.45, 2.75) is 47.1 Å². The molecule has 0 aliphatic heterocycles. The van der Waals surface area contributed by atoms with E-state index in [4.69, 9.17) is 0 Å². The maximum Gasteiger partial charge on any atom is 0.223 e. The van der Waals surface area contributed by atoms with E-state index < -0.39 is 0 Å². The van der Waals surface area contributed by atoms with E-state index in [9.17, 15) is 9.59 Å². The Hall–Kier alpha value is -0.860. The summed E-state index contributed by atoms with van der Waals surface area (Å²) in [5.41, 5.74) is -0.209. The van der Waals surface area contributed by atoms with Gasteiger partial charge in [0.15, 0.2) is 5.78 Å². The fourth-order valence-corrected chi connectivity index (χ4v) is 1.86. The molecule has 0 saturated heterocycles. The lowest BCUT2D eigenvalue weighted by atomic mass is 9.84. The minimum Gasteiger partial charge on any atom is -0.346 e. The smallest absolute Gasteiger partial charge is 0.223 e. The van der Waals surface area contributed by atoms with E-state index in [0.717, 1.165) is 6.42 Å². The molecule has 3 nitrogen and oxygen atoms in total. The molecule has 86 valence electrons. The number of carbonyl (C=O) groups is 2. The molecule has 0 aromatic rings. The van der Waals surface area contributed by atoms with Crippen LogP contribution in [0.1, 0.15) is 41.0 Å². The Morgan fingerprint density at radius 1 is 1.33 bits per heavy atom. The molecule has 2 unspecified atom stereocenters. The van der Waals surface area contributed by atoms with Crippen molar-refractivity contribution in [2.75, 3.05) is 0 Å². The predicted molar refractivity (Wildman–Crippen MR) is 59.3 cm³/mol. The molecule has 3 heteroatoms. The lowest BCUT2D eigenvalue weighted by molar-refractivity contribution is -0.130. The van der Waals surface area contributed by atoms with Crippen LogP contribution in [-0.2, 0) is 9.59 Å². The van der Waals surface area contributed by atoms with Gasteiger partial charge in [-0.2, -0.15) is 0 Å². The number of ketones is 1. The van der Waals surface area contributed by atoms with Gasteiger partial charge in [0.1, 0.15) is 0 Å². The fraction of sp³-hybridized carbons (Fsp3) is 0.833. The van der Waals surface area contributed by atoms with Gasteiger partial charge in [0.2, 0.25) is 5.91 Å². The van der Waals surface area contributed by atoms with Crippen LogP contribution in [0.5, 0.6) is 0 Å². The summed E-state index contributed by atoms with van der Waals surface area (Å²) in [5, 5.41) is 2.86. The van der Waals surface area contributed by atoms with Gasteiger partial charge in [0, 0.05) is 5.92 Å². The highest BCUT2D eigenvalue weighted by molar-refractivity contribution is 5.90. The second-order valence-electron chi connectivity index (χ2n) is 5.74. The van der Waals surface area contributed by atoms with Gasteiger partial charge < -0.3 is 5.32 Å². The van der Waals surface area contributed by atoms with Crippen LogP contribution in [0.2, 0.25) is 0 Å². The summed E-state index contributed by atoms with van der Waals surface area (Å²) in [6.45, 7) is 9.50. The van der Waals surface area contributed by atoms with Crippen molar-refractivity contribution < 1.29 is 9.59 Å². The number of rotatable bonds is 3. The van der Waals surface area contributed by atoms with E-state index >= 15 is 0 Å². The molecule has 1 aliphatic rings. The summed E-state index contributed by atoms with van der Waals surface area (Å²) in [5.74, 6) is 0.688. The van der Waals surface area contributed by atoms with E-state index in [2.05, 4.69) is 12.2 Å². The Labute approximate surface area is 91.6 Å². The van der Waals surface area contributed by atoms with E-state index in [1.165, 1.54) is 6.92 Å². The van der Waals surface area contributed by atoms with Crippen molar-refractivity contribution in [2.24, 2.45) is 17.3 Å². The third kappa shape index (κ3) is 3.05. The molecule has 0 aromatic carbocycles. The number of carbonyl (C=O) groups excluding carboxylic acids is 2. The van der Waals surface area contributed by atoms with Crippen molar-refractivity contribution in [1.82, 2.24) is 5.32 Å². The highest BCUT2D eigenvalue weighted by atomic mass is 16.2. The first-order valence-corrected chi connectivity index (χ1v) is 5.54. The van der Waals surface area contributed by atoms with Crippen molar-refractivity contribution in [1.29, 1.82) is 0 Å². The Morgan fingerprint density at radius 3 is 2.07 bits per heavy atom. The van der Waals surface area contributed by atoms with E-state index in [0.29, 0.717) is 5.92 Å². The van der Waals surface area contributed by atoms with Gasteiger partial charge in [-0.1, -0.05) is 27.7 Å². The molecule has 1 aliphatic carbocycles. The molecule has 1 amide bonds. The second-order valence-corrected chi connectivity index (χ2v) is 5.74. The standard InChI is InChI=1S/C12H21NO2/c1-7-6-9(7)11(15)13-10(8(2)14)12(3,4)5/h7,9-10H,6H2,1-5H3,(H,13,15)/t7-,9?,10?/m1/s1. The van der Waals surface area contributed by atoms with Crippen LogP contribution in [0.3, 0.4) is 0 Å². The molecule has 0 bridgehead atoms. The lowest BCUT2D eigenvalue weighted by Crippen LogP contribution is -2.48. The minimum absolute atomic E-state index is 0.0316. The van der Waals surface area contributed by atoms with Crippen LogP contribution >= 0.6 is 0 Å². The maximum absolute atomic E-state index is 11.7. The van der Waals surface area contributed by atoms with Crippen molar-refractivity contribution >= 4 is 11.7 Å². The third-order valence-electron chi connectivity index (χ3n) is 3.01. The van der Waals surface area contributed by atoms with Crippen LogP contribution in [0, 0.1) is 17.3 Å². The molecule has 1 rings (SSSR count). The molecule has 15 heavy (non-hydrogen) atoms. The minimum atomic E-state index is -0.363. The number of Topliss-reactive ketones (excluding diaryl/α,β-unsaturated/α-hetero) is 1. The topological polar surface area (TPSA) is 46.2 Å². The largest absolute Gasteiger partial charge is 0.346 e. The van der Waals surface area contributed by atoms with Gasteiger partial charge in [-0.25, -0.2) is 0 Å². The molecular formula is C12H21NO2. The Kier molecular flexibility index (Phi) is 3.22. The summed E-state index contributed by atoms with van der Waals surface area (Å²) in [6.07, 6.45) is 0.959. The zero-order valence-corrected chi connectivity index (χ0v) is 10.3. The average Bonchev–Trinajstić information content (AvgIpc) is 2.75. The first-order valence-electron chi connectivity index (χ1n) is 5.54. The molecular weight excluding hydrogens is 190 g/mol. The average molecular weight is 211 g/mol. The number of amides is 1. The third-order valence-corrected chi connectivity index (χ3v) is 3.01. The maximum atomic E-state index is 11.7. The van der Waals surface area contributed by atoms with E-state index in [1.807, 2.05) is 20.8 Å². The first kappa shape index (κ1) is 12.2. The molecule has 3 atom stereocenters. The van der Waals surface area contributed by atoms with Gasteiger partial charge in [-0.3, -0.25) is 9.59 Å². The summed E-state index contributed by atoms with van der Waals surface area (Å²) >= 11 is 0. The van der Waals surface area contributed by atoms with Crippen molar-refractivity contribution in [3.63, 3.8) is 0 Å². The van der Waals surface area contributed by atoms with Crippen LogP contribution in [-0.4, -0.2) is 17.7 Å². The summed E-state index contributed by atoms with van der Waals surface area (Å²) in [4.78, 5) is 23.1. The fourth-order valence-electron chi connectivity index (χ4n) is 1.86. The first-order chi connectivity index (χ1) is 6.73. The second kappa shape index (κ2) is 3.95. The van der Waals surface area contributed by atoms with Crippen molar-refractivity contribution in [3.05, 3.63) is 0 Å².